The van der Waals surface area contributed by atoms with Gasteiger partial charge in [0.05, 0.1) is 25.9 Å². The highest BCUT2D eigenvalue weighted by atomic mass is 16.5. The van der Waals surface area contributed by atoms with Crippen molar-refractivity contribution in [1.29, 1.82) is 0 Å². The Morgan fingerprint density at radius 2 is 1.84 bits per heavy atom. The van der Waals surface area contributed by atoms with Gasteiger partial charge in [-0.1, -0.05) is 6.07 Å². The summed E-state index contributed by atoms with van der Waals surface area (Å²) < 4.78 is 16.1. The van der Waals surface area contributed by atoms with E-state index in [2.05, 4.69) is 10.3 Å². The molecule has 2 rings (SSSR count). The maximum atomic E-state index is 12.1. The topological polar surface area (TPSA) is 69.7 Å². The molecule has 6 heteroatoms. The second kappa shape index (κ2) is 9.52. The second-order valence-electron chi connectivity index (χ2n) is 5.24. The fourth-order valence-corrected chi connectivity index (χ4v) is 2.31. The molecule has 0 saturated carbocycles. The van der Waals surface area contributed by atoms with E-state index in [1.165, 1.54) is 13.3 Å². The van der Waals surface area contributed by atoms with Crippen molar-refractivity contribution in [2.24, 2.45) is 0 Å². The SMILES string of the molecule is CCOc1ccc(CCNC(=O)c2ccc(OC)nc2)cc1OCC. The molecule has 0 atom stereocenters. The number of methoxy groups -OCH3 is 1. The van der Waals surface area contributed by atoms with E-state index in [4.69, 9.17) is 14.2 Å². The number of hydrogen-bond donors (Lipinski definition) is 1. The highest BCUT2D eigenvalue weighted by Crippen LogP contribution is 2.28. The molecule has 0 aliphatic carbocycles. The first-order valence-corrected chi connectivity index (χ1v) is 8.34. The standard InChI is InChI=1S/C19H24N2O4/c1-4-24-16-8-6-14(12-17(16)25-5-2)10-11-20-19(22)15-7-9-18(23-3)21-13-15/h6-9,12-13H,4-5,10-11H2,1-3H3,(H,20,22). The van der Waals surface area contributed by atoms with Gasteiger partial charge in [0.25, 0.3) is 5.91 Å². The van der Waals surface area contributed by atoms with Crippen LogP contribution in [0.3, 0.4) is 0 Å². The maximum absolute atomic E-state index is 12.1. The minimum atomic E-state index is -0.161. The van der Waals surface area contributed by atoms with Gasteiger partial charge in [-0.05, 0) is 44.0 Å². The first-order valence-electron chi connectivity index (χ1n) is 8.34. The van der Waals surface area contributed by atoms with Gasteiger partial charge in [0.1, 0.15) is 0 Å². The van der Waals surface area contributed by atoms with E-state index >= 15 is 0 Å². The predicted octanol–water partition coefficient (Wildman–Crippen LogP) is 2.86. The summed E-state index contributed by atoms with van der Waals surface area (Å²) in [6.07, 6.45) is 2.19. The van der Waals surface area contributed by atoms with Gasteiger partial charge in [0, 0.05) is 18.8 Å². The zero-order chi connectivity index (χ0) is 18.1. The molecule has 0 radical (unpaired) electrons. The number of rotatable bonds is 9. The first-order chi connectivity index (χ1) is 12.2. The van der Waals surface area contributed by atoms with Crippen LogP contribution < -0.4 is 19.5 Å². The summed E-state index contributed by atoms with van der Waals surface area (Å²) in [4.78, 5) is 16.1. The highest BCUT2D eigenvalue weighted by Gasteiger charge is 2.08. The summed E-state index contributed by atoms with van der Waals surface area (Å²) in [5.41, 5.74) is 1.57. The van der Waals surface area contributed by atoms with Crippen LogP contribution in [0.1, 0.15) is 29.8 Å². The molecule has 0 spiro atoms. The number of pyridine rings is 1. The van der Waals surface area contributed by atoms with Crippen molar-refractivity contribution in [1.82, 2.24) is 10.3 Å². The number of nitrogens with one attached hydrogen (secondary N) is 1. The minimum absolute atomic E-state index is 0.161. The molecule has 0 unspecified atom stereocenters. The summed E-state index contributed by atoms with van der Waals surface area (Å²) in [7, 11) is 1.54. The normalized spacial score (nSPS) is 10.2. The Labute approximate surface area is 148 Å². The molecule has 0 saturated heterocycles. The van der Waals surface area contributed by atoms with Crippen molar-refractivity contribution in [3.8, 4) is 17.4 Å². The largest absolute Gasteiger partial charge is 0.490 e. The Kier molecular flexibility index (Phi) is 7.07. The van der Waals surface area contributed by atoms with Crippen LogP contribution in [0.2, 0.25) is 0 Å². The predicted molar refractivity (Wildman–Crippen MR) is 95.6 cm³/mol. The van der Waals surface area contributed by atoms with E-state index in [0.717, 1.165) is 17.1 Å². The van der Waals surface area contributed by atoms with Gasteiger partial charge in [-0.25, -0.2) is 4.98 Å². The Hall–Kier alpha value is -2.76. The average molecular weight is 344 g/mol. The van der Waals surface area contributed by atoms with Gasteiger partial charge in [0.15, 0.2) is 11.5 Å². The lowest BCUT2D eigenvalue weighted by Gasteiger charge is -2.12. The molecule has 1 aromatic heterocycles. The summed E-state index contributed by atoms with van der Waals surface area (Å²) in [6, 6.07) is 9.18. The number of amides is 1. The Bertz CT molecular complexity index is 686. The number of benzene rings is 1. The molecular formula is C19H24N2O4. The van der Waals surface area contributed by atoms with Crippen molar-refractivity contribution in [2.45, 2.75) is 20.3 Å². The van der Waals surface area contributed by atoms with E-state index in [-0.39, 0.29) is 5.91 Å². The molecule has 6 nitrogen and oxygen atoms in total. The van der Waals surface area contributed by atoms with Crippen LogP contribution in [-0.2, 0) is 6.42 Å². The van der Waals surface area contributed by atoms with Gasteiger partial charge in [-0.3, -0.25) is 4.79 Å². The number of aromatic nitrogens is 1. The molecule has 2 aromatic rings. The third-order valence-corrected chi connectivity index (χ3v) is 3.51. The number of ether oxygens (including phenoxy) is 3. The average Bonchev–Trinajstić information content (AvgIpc) is 2.64. The molecule has 0 fully saturated rings. The van der Waals surface area contributed by atoms with Crippen LogP contribution in [0.15, 0.2) is 36.5 Å². The molecule has 0 aliphatic rings. The van der Waals surface area contributed by atoms with Crippen molar-refractivity contribution >= 4 is 5.91 Å². The van der Waals surface area contributed by atoms with Crippen LogP contribution in [0.25, 0.3) is 0 Å². The maximum Gasteiger partial charge on any atom is 0.252 e. The van der Waals surface area contributed by atoms with Crippen LogP contribution >= 0.6 is 0 Å². The van der Waals surface area contributed by atoms with Crippen molar-refractivity contribution in [2.75, 3.05) is 26.9 Å². The van der Waals surface area contributed by atoms with E-state index in [0.29, 0.717) is 37.6 Å². The fourth-order valence-electron chi connectivity index (χ4n) is 2.31. The number of carbonyl (C=O) groups is 1. The van der Waals surface area contributed by atoms with E-state index in [9.17, 15) is 4.79 Å². The third kappa shape index (κ3) is 5.38. The molecule has 0 bridgehead atoms. The molecule has 1 aromatic carbocycles. The van der Waals surface area contributed by atoms with Gasteiger partial charge in [-0.15, -0.1) is 0 Å². The van der Waals surface area contributed by atoms with Crippen LogP contribution in [0, 0.1) is 0 Å². The van der Waals surface area contributed by atoms with Crippen LogP contribution in [0.5, 0.6) is 17.4 Å². The van der Waals surface area contributed by atoms with Gasteiger partial charge >= 0.3 is 0 Å². The summed E-state index contributed by atoms with van der Waals surface area (Å²) in [5, 5.41) is 2.88. The van der Waals surface area contributed by atoms with Crippen LogP contribution in [0.4, 0.5) is 0 Å². The second-order valence-corrected chi connectivity index (χ2v) is 5.24. The Morgan fingerprint density at radius 3 is 2.48 bits per heavy atom. The number of nitrogens with zero attached hydrogens (tertiary/aromatic N) is 1. The van der Waals surface area contributed by atoms with Gasteiger partial charge in [0.2, 0.25) is 5.88 Å². The van der Waals surface area contributed by atoms with E-state index in [1.807, 2.05) is 32.0 Å². The highest BCUT2D eigenvalue weighted by molar-refractivity contribution is 5.93. The lowest BCUT2D eigenvalue weighted by Crippen LogP contribution is -2.25. The zero-order valence-corrected chi connectivity index (χ0v) is 14.9. The zero-order valence-electron chi connectivity index (χ0n) is 14.9. The molecule has 1 heterocycles. The number of carbonyl (C=O) groups excluding carboxylic acids is 1. The van der Waals surface area contributed by atoms with Gasteiger partial charge in [-0.2, -0.15) is 0 Å². The summed E-state index contributed by atoms with van der Waals surface area (Å²) >= 11 is 0. The Balaban J connectivity index is 1.91. The van der Waals surface area contributed by atoms with Gasteiger partial charge < -0.3 is 19.5 Å². The van der Waals surface area contributed by atoms with Crippen molar-refractivity contribution in [3.63, 3.8) is 0 Å². The molecular weight excluding hydrogens is 320 g/mol. The number of hydrogen-bond acceptors (Lipinski definition) is 5. The minimum Gasteiger partial charge on any atom is -0.490 e. The van der Waals surface area contributed by atoms with Crippen molar-refractivity contribution < 1.29 is 19.0 Å². The molecule has 1 N–H and O–H groups in total. The molecule has 134 valence electrons. The summed E-state index contributed by atoms with van der Waals surface area (Å²) in [6.45, 7) is 5.55. The summed E-state index contributed by atoms with van der Waals surface area (Å²) in [5.74, 6) is 1.79. The lowest BCUT2D eigenvalue weighted by molar-refractivity contribution is 0.0953. The molecule has 0 aliphatic heterocycles. The van der Waals surface area contributed by atoms with E-state index < -0.39 is 0 Å². The molecule has 25 heavy (non-hydrogen) atoms. The first kappa shape index (κ1) is 18.6. The fraction of sp³-hybridized carbons (Fsp3) is 0.368. The van der Waals surface area contributed by atoms with Crippen LogP contribution in [-0.4, -0.2) is 37.8 Å². The van der Waals surface area contributed by atoms with E-state index in [1.54, 1.807) is 12.1 Å². The van der Waals surface area contributed by atoms with Crippen molar-refractivity contribution in [3.05, 3.63) is 47.7 Å². The smallest absolute Gasteiger partial charge is 0.252 e. The lowest BCUT2D eigenvalue weighted by atomic mass is 10.1. The molecule has 1 amide bonds. The third-order valence-electron chi connectivity index (χ3n) is 3.51. The monoisotopic (exact) mass is 344 g/mol. The quantitative estimate of drug-likeness (QED) is 0.757. The Morgan fingerprint density at radius 1 is 1.08 bits per heavy atom.